The Balaban J connectivity index is 2.49. The van der Waals surface area contributed by atoms with E-state index >= 15 is 0 Å². The van der Waals surface area contributed by atoms with Gasteiger partial charge in [-0.25, -0.2) is 0 Å². The van der Waals surface area contributed by atoms with Gasteiger partial charge in [-0.05, 0) is 30.5 Å². The van der Waals surface area contributed by atoms with Crippen LogP contribution in [0.1, 0.15) is 31.7 Å². The largest absolute Gasteiger partial charge is 0.497 e. The Labute approximate surface area is 107 Å². The third kappa shape index (κ3) is 1.88. The lowest BCUT2D eigenvalue weighted by Crippen LogP contribution is -2.40. The number of nitrogens with zero attached hydrogens (tertiary/aromatic N) is 1. The predicted octanol–water partition coefficient (Wildman–Crippen LogP) is 2.85. The molecule has 0 aromatic heterocycles. The molecule has 1 aromatic rings. The summed E-state index contributed by atoms with van der Waals surface area (Å²) in [6.07, 6.45) is 2.12. The Kier molecular flexibility index (Phi) is 3.38. The maximum atomic E-state index is 11.9. The van der Waals surface area contributed by atoms with Crippen molar-refractivity contribution in [3.05, 3.63) is 29.8 Å². The molecule has 1 saturated carbocycles. The van der Waals surface area contributed by atoms with Crippen LogP contribution in [-0.4, -0.2) is 12.9 Å². The summed E-state index contributed by atoms with van der Waals surface area (Å²) in [6, 6.07) is 9.90. The Morgan fingerprint density at radius 1 is 1.50 bits per heavy atom. The van der Waals surface area contributed by atoms with Crippen molar-refractivity contribution in [3.8, 4) is 11.8 Å². The summed E-state index contributed by atoms with van der Waals surface area (Å²) in [5.41, 5.74) is 0.203. The van der Waals surface area contributed by atoms with Gasteiger partial charge >= 0.3 is 0 Å². The number of hydrogen-bond acceptors (Lipinski definition) is 3. The summed E-state index contributed by atoms with van der Waals surface area (Å²) in [5, 5.41) is 9.60. The highest BCUT2D eigenvalue weighted by atomic mass is 16.5. The zero-order valence-corrected chi connectivity index (χ0v) is 10.8. The second-order valence-corrected chi connectivity index (χ2v) is 4.86. The molecule has 3 nitrogen and oxygen atoms in total. The van der Waals surface area contributed by atoms with E-state index in [0.717, 1.165) is 24.2 Å². The van der Waals surface area contributed by atoms with Gasteiger partial charge in [-0.15, -0.1) is 0 Å². The fourth-order valence-electron chi connectivity index (χ4n) is 2.76. The van der Waals surface area contributed by atoms with Crippen molar-refractivity contribution in [2.45, 2.75) is 31.6 Å². The number of methoxy groups -OCH3 is 1. The highest BCUT2D eigenvalue weighted by Crippen LogP contribution is 2.42. The van der Waals surface area contributed by atoms with E-state index in [9.17, 15) is 10.1 Å². The molecule has 0 aliphatic heterocycles. The van der Waals surface area contributed by atoms with Crippen molar-refractivity contribution in [2.75, 3.05) is 7.11 Å². The lowest BCUT2D eigenvalue weighted by Gasteiger charge is -2.36. The maximum Gasteiger partial charge on any atom is 0.137 e. The standard InChI is InChI=1S/C15H17NO2/c1-11-14(17)7-4-8-15(11,10-16)12-5-3-6-13(9-12)18-2/h3,5-6,9,11H,4,7-8H2,1-2H3. The number of rotatable bonds is 2. The SMILES string of the molecule is COc1cccc(C2(C#N)CCCC(=O)C2C)c1. The Morgan fingerprint density at radius 3 is 2.94 bits per heavy atom. The van der Waals surface area contributed by atoms with Gasteiger partial charge in [0.15, 0.2) is 0 Å². The molecule has 0 spiro atoms. The minimum absolute atomic E-state index is 0.186. The molecule has 2 atom stereocenters. The first kappa shape index (κ1) is 12.6. The average Bonchev–Trinajstić information content (AvgIpc) is 2.42. The molecule has 1 aliphatic carbocycles. The van der Waals surface area contributed by atoms with Crippen LogP contribution in [0.2, 0.25) is 0 Å². The summed E-state index contributed by atoms with van der Waals surface area (Å²) >= 11 is 0. The summed E-state index contributed by atoms with van der Waals surface area (Å²) in [6.45, 7) is 1.87. The highest BCUT2D eigenvalue weighted by Gasteiger charge is 2.44. The first-order chi connectivity index (χ1) is 8.64. The molecule has 1 fully saturated rings. The molecular formula is C15H17NO2. The van der Waals surface area contributed by atoms with Gasteiger partial charge in [0.05, 0.1) is 18.6 Å². The van der Waals surface area contributed by atoms with Gasteiger partial charge in [-0.3, -0.25) is 4.79 Å². The molecule has 3 heteroatoms. The van der Waals surface area contributed by atoms with Gasteiger partial charge in [0.1, 0.15) is 11.5 Å². The van der Waals surface area contributed by atoms with Crippen molar-refractivity contribution in [2.24, 2.45) is 5.92 Å². The molecule has 0 saturated heterocycles. The molecule has 0 N–H and O–H groups in total. The van der Waals surface area contributed by atoms with E-state index in [2.05, 4.69) is 6.07 Å². The third-order valence-electron chi connectivity index (χ3n) is 4.00. The first-order valence-electron chi connectivity index (χ1n) is 6.22. The normalized spacial score (nSPS) is 27.6. The molecular weight excluding hydrogens is 226 g/mol. The van der Waals surface area contributed by atoms with E-state index in [1.807, 2.05) is 31.2 Å². The van der Waals surface area contributed by atoms with Gasteiger partial charge < -0.3 is 4.74 Å². The zero-order valence-electron chi connectivity index (χ0n) is 10.8. The van der Waals surface area contributed by atoms with Crippen LogP contribution in [0.5, 0.6) is 5.75 Å². The summed E-state index contributed by atoms with van der Waals surface area (Å²) in [5.74, 6) is 0.668. The number of ether oxygens (including phenoxy) is 1. The van der Waals surface area contributed by atoms with Crippen molar-refractivity contribution in [1.82, 2.24) is 0 Å². The predicted molar refractivity (Wildman–Crippen MR) is 68.3 cm³/mol. The number of Topliss-reactive ketones (excluding diaryl/α,β-unsaturated/α-hetero) is 1. The summed E-state index contributed by atoms with van der Waals surface area (Å²) in [7, 11) is 1.60. The number of ketones is 1. The zero-order chi connectivity index (χ0) is 13.2. The molecule has 18 heavy (non-hydrogen) atoms. The third-order valence-corrected chi connectivity index (χ3v) is 4.00. The molecule has 0 bridgehead atoms. The topological polar surface area (TPSA) is 50.1 Å². The van der Waals surface area contributed by atoms with Crippen molar-refractivity contribution in [1.29, 1.82) is 5.26 Å². The van der Waals surface area contributed by atoms with Gasteiger partial charge in [-0.2, -0.15) is 5.26 Å². The summed E-state index contributed by atoms with van der Waals surface area (Å²) < 4.78 is 5.20. The minimum atomic E-state index is -0.691. The van der Waals surface area contributed by atoms with E-state index in [-0.39, 0.29) is 11.7 Å². The van der Waals surface area contributed by atoms with E-state index in [1.54, 1.807) is 7.11 Å². The molecule has 0 radical (unpaired) electrons. The number of carbonyl (C=O) groups is 1. The number of nitriles is 1. The molecule has 94 valence electrons. The molecule has 1 aromatic carbocycles. The quantitative estimate of drug-likeness (QED) is 0.802. The molecule has 2 rings (SSSR count). The Morgan fingerprint density at radius 2 is 2.28 bits per heavy atom. The second-order valence-electron chi connectivity index (χ2n) is 4.86. The smallest absolute Gasteiger partial charge is 0.137 e. The number of carbonyl (C=O) groups excluding carboxylic acids is 1. The Bertz CT molecular complexity index is 503. The summed E-state index contributed by atoms with van der Waals surface area (Å²) in [4.78, 5) is 11.9. The molecule has 1 aliphatic rings. The number of hydrogen-bond donors (Lipinski definition) is 0. The van der Waals surface area contributed by atoms with Crippen LogP contribution in [-0.2, 0) is 10.2 Å². The van der Waals surface area contributed by atoms with E-state index in [1.165, 1.54) is 0 Å². The number of benzene rings is 1. The molecule has 2 unspecified atom stereocenters. The highest BCUT2D eigenvalue weighted by molar-refractivity contribution is 5.84. The molecule has 0 heterocycles. The fourth-order valence-corrected chi connectivity index (χ4v) is 2.76. The first-order valence-corrected chi connectivity index (χ1v) is 6.22. The second kappa shape index (κ2) is 4.81. The van der Waals surface area contributed by atoms with Crippen molar-refractivity contribution in [3.63, 3.8) is 0 Å². The van der Waals surface area contributed by atoms with Crippen LogP contribution < -0.4 is 4.74 Å². The fraction of sp³-hybridized carbons (Fsp3) is 0.467. The minimum Gasteiger partial charge on any atom is -0.497 e. The van der Waals surface area contributed by atoms with E-state index in [0.29, 0.717) is 6.42 Å². The van der Waals surface area contributed by atoms with Crippen LogP contribution in [0.3, 0.4) is 0 Å². The van der Waals surface area contributed by atoms with Crippen LogP contribution >= 0.6 is 0 Å². The van der Waals surface area contributed by atoms with Gasteiger partial charge in [0.2, 0.25) is 0 Å². The Hall–Kier alpha value is -1.82. The van der Waals surface area contributed by atoms with Gasteiger partial charge in [0, 0.05) is 12.3 Å². The van der Waals surface area contributed by atoms with Crippen LogP contribution in [0.4, 0.5) is 0 Å². The maximum absolute atomic E-state index is 11.9. The van der Waals surface area contributed by atoms with Crippen molar-refractivity contribution < 1.29 is 9.53 Å². The van der Waals surface area contributed by atoms with Gasteiger partial charge in [-0.1, -0.05) is 19.1 Å². The van der Waals surface area contributed by atoms with E-state index < -0.39 is 5.41 Å². The monoisotopic (exact) mass is 243 g/mol. The van der Waals surface area contributed by atoms with Crippen LogP contribution in [0.25, 0.3) is 0 Å². The lowest BCUT2D eigenvalue weighted by molar-refractivity contribution is -0.125. The van der Waals surface area contributed by atoms with Crippen LogP contribution in [0.15, 0.2) is 24.3 Å². The van der Waals surface area contributed by atoms with Crippen molar-refractivity contribution >= 4 is 5.78 Å². The van der Waals surface area contributed by atoms with E-state index in [4.69, 9.17) is 4.74 Å². The van der Waals surface area contributed by atoms with Gasteiger partial charge in [0.25, 0.3) is 0 Å². The van der Waals surface area contributed by atoms with Crippen LogP contribution in [0, 0.1) is 17.2 Å². The average molecular weight is 243 g/mol. The lowest BCUT2D eigenvalue weighted by atomic mass is 9.63. The molecule has 0 amide bonds.